The van der Waals surface area contributed by atoms with Crippen LogP contribution in [0.1, 0.15) is 124 Å². The molecule has 8 rings (SSSR count). The average molecular weight is 568 g/mol. The van der Waals surface area contributed by atoms with E-state index in [1.54, 1.807) is 0 Å². The average Bonchev–Trinajstić information content (AvgIpc) is 3.86. The van der Waals surface area contributed by atoms with Gasteiger partial charge in [-0.3, -0.25) is 4.79 Å². The molecule has 0 aromatic heterocycles. The van der Waals surface area contributed by atoms with Crippen molar-refractivity contribution in [3.05, 3.63) is 0 Å². The van der Waals surface area contributed by atoms with Gasteiger partial charge in [-0.25, -0.2) is 0 Å². The summed E-state index contributed by atoms with van der Waals surface area (Å²) in [5.41, 5.74) is 1.79. The Morgan fingerprint density at radius 3 is 2.56 bits per heavy atom. The van der Waals surface area contributed by atoms with Gasteiger partial charge in [0.2, 0.25) is 5.91 Å². The van der Waals surface area contributed by atoms with Gasteiger partial charge >= 0.3 is 0 Å². The zero-order valence-electron chi connectivity index (χ0n) is 26.5. The van der Waals surface area contributed by atoms with Crippen molar-refractivity contribution in [1.29, 1.82) is 0 Å². The third-order valence-electron chi connectivity index (χ3n) is 15.1. The lowest BCUT2D eigenvalue weighted by atomic mass is 9.46. The molecule has 8 fully saturated rings. The van der Waals surface area contributed by atoms with Crippen LogP contribution in [0.25, 0.3) is 0 Å². The molecule has 8 aliphatic rings. The number of morpholine rings is 1. The zero-order valence-corrected chi connectivity index (χ0v) is 26.5. The highest BCUT2D eigenvalue weighted by Gasteiger charge is 2.80. The van der Waals surface area contributed by atoms with Crippen LogP contribution in [0.3, 0.4) is 0 Å². The summed E-state index contributed by atoms with van der Waals surface area (Å²) in [6.07, 6.45) is 20.4. The SMILES string of the molecule is CCCC1CCC2C(CC3C4CCC5C(C)(C)C(OC6CN(C(=O)CC7CC7)CCO6)CCC56CC46CCC23C)O1. The number of rotatable bonds is 6. The summed E-state index contributed by atoms with van der Waals surface area (Å²) >= 11 is 0. The van der Waals surface area contributed by atoms with E-state index in [0.717, 1.165) is 43.1 Å². The monoisotopic (exact) mass is 567 g/mol. The smallest absolute Gasteiger partial charge is 0.223 e. The minimum Gasteiger partial charge on any atom is -0.375 e. The van der Waals surface area contributed by atoms with Crippen molar-refractivity contribution in [2.75, 3.05) is 19.7 Å². The Bertz CT molecular complexity index is 1040. The van der Waals surface area contributed by atoms with Crippen LogP contribution in [-0.4, -0.2) is 55.1 Å². The summed E-state index contributed by atoms with van der Waals surface area (Å²) in [5.74, 6) is 4.29. The molecule has 0 bridgehead atoms. The van der Waals surface area contributed by atoms with Gasteiger partial charge in [-0.2, -0.15) is 0 Å². The van der Waals surface area contributed by atoms with Crippen LogP contribution in [0.5, 0.6) is 0 Å². The second kappa shape index (κ2) is 9.67. The highest BCUT2D eigenvalue weighted by atomic mass is 16.7. The third kappa shape index (κ3) is 4.13. The maximum absolute atomic E-state index is 12.8. The van der Waals surface area contributed by atoms with E-state index < -0.39 is 0 Å². The van der Waals surface area contributed by atoms with Crippen molar-refractivity contribution >= 4 is 5.91 Å². The van der Waals surface area contributed by atoms with Gasteiger partial charge in [-0.05, 0) is 135 Å². The number of carbonyl (C=O) groups is 1. The van der Waals surface area contributed by atoms with Gasteiger partial charge in [0.25, 0.3) is 0 Å². The summed E-state index contributed by atoms with van der Waals surface area (Å²) in [5, 5.41) is 0. The standard InChI is InChI=1S/C36H57NO4/c1-5-6-24-9-10-26-28(40-24)20-27-25-11-12-29-33(2,3)30(13-14-36(29)22-35(25,36)16-15-34(26,27)4)41-32-21-37(17-18-39-32)31(38)19-23-7-8-23/h23-30,32H,5-22H2,1-4H3. The van der Waals surface area contributed by atoms with E-state index in [-0.39, 0.29) is 17.8 Å². The summed E-state index contributed by atoms with van der Waals surface area (Å²) in [7, 11) is 0. The van der Waals surface area contributed by atoms with Crippen molar-refractivity contribution in [3.63, 3.8) is 0 Å². The highest BCUT2D eigenvalue weighted by molar-refractivity contribution is 5.76. The first-order chi connectivity index (χ1) is 19.7. The molecule has 0 aromatic carbocycles. The van der Waals surface area contributed by atoms with E-state index >= 15 is 0 Å². The van der Waals surface area contributed by atoms with Crippen molar-refractivity contribution in [2.24, 2.45) is 51.2 Å². The Morgan fingerprint density at radius 2 is 1.76 bits per heavy atom. The number of amides is 1. The second-order valence-electron chi connectivity index (χ2n) is 17.1. The lowest BCUT2D eigenvalue weighted by Crippen LogP contribution is -2.56. The fourth-order valence-corrected chi connectivity index (χ4v) is 12.9. The fraction of sp³-hybridized carbons (Fsp3) is 0.972. The van der Waals surface area contributed by atoms with Crippen LogP contribution in [0.15, 0.2) is 0 Å². The van der Waals surface area contributed by atoms with Gasteiger partial charge in [-0.1, -0.05) is 34.1 Å². The van der Waals surface area contributed by atoms with Crippen molar-refractivity contribution < 1.29 is 19.0 Å². The van der Waals surface area contributed by atoms with Crippen LogP contribution in [0.4, 0.5) is 0 Å². The van der Waals surface area contributed by atoms with Crippen molar-refractivity contribution in [1.82, 2.24) is 4.90 Å². The highest BCUT2D eigenvalue weighted by Crippen LogP contribution is 2.87. The minimum absolute atomic E-state index is 0.150. The molecule has 1 amide bonds. The topological polar surface area (TPSA) is 48.0 Å². The van der Waals surface area contributed by atoms with Gasteiger partial charge in [0.15, 0.2) is 6.29 Å². The molecule has 2 aliphatic heterocycles. The Balaban J connectivity index is 0.959. The molecule has 11 atom stereocenters. The normalized spacial score (nSPS) is 51.6. The van der Waals surface area contributed by atoms with Crippen LogP contribution in [-0.2, 0) is 19.0 Å². The van der Waals surface area contributed by atoms with Gasteiger partial charge in [-0.15, -0.1) is 0 Å². The van der Waals surface area contributed by atoms with Gasteiger partial charge in [0.05, 0.1) is 31.5 Å². The van der Waals surface area contributed by atoms with E-state index in [0.29, 0.717) is 53.4 Å². The first-order valence-electron chi connectivity index (χ1n) is 17.9. The molecule has 5 nitrogen and oxygen atoms in total. The van der Waals surface area contributed by atoms with Gasteiger partial charge < -0.3 is 19.1 Å². The summed E-state index contributed by atoms with van der Waals surface area (Å²) in [4.78, 5) is 14.8. The molecule has 2 spiro atoms. The molecule has 2 heterocycles. The first kappa shape index (κ1) is 27.9. The molecule has 0 N–H and O–H groups in total. The Labute approximate surface area is 249 Å². The molecule has 6 saturated carbocycles. The summed E-state index contributed by atoms with van der Waals surface area (Å²) < 4.78 is 19.8. The number of carbonyl (C=O) groups excluding carboxylic acids is 1. The second-order valence-corrected chi connectivity index (χ2v) is 17.1. The van der Waals surface area contributed by atoms with Crippen molar-refractivity contribution in [2.45, 2.75) is 149 Å². The van der Waals surface area contributed by atoms with E-state index in [2.05, 4.69) is 27.7 Å². The van der Waals surface area contributed by atoms with Crippen LogP contribution >= 0.6 is 0 Å². The van der Waals surface area contributed by atoms with E-state index in [9.17, 15) is 4.79 Å². The maximum Gasteiger partial charge on any atom is 0.223 e. The van der Waals surface area contributed by atoms with E-state index in [4.69, 9.17) is 14.2 Å². The zero-order chi connectivity index (χ0) is 28.2. The lowest BCUT2D eigenvalue weighted by Gasteiger charge is -2.60. The Hall–Kier alpha value is -0.650. The van der Waals surface area contributed by atoms with Crippen LogP contribution in [0.2, 0.25) is 0 Å². The summed E-state index contributed by atoms with van der Waals surface area (Å²) in [6.45, 7) is 12.0. The van der Waals surface area contributed by atoms with Gasteiger partial charge in [0.1, 0.15) is 0 Å². The molecule has 5 heteroatoms. The molecule has 11 unspecified atom stereocenters. The predicted molar refractivity (Wildman–Crippen MR) is 159 cm³/mol. The molecule has 230 valence electrons. The van der Waals surface area contributed by atoms with Crippen LogP contribution in [0, 0.1) is 51.2 Å². The number of hydrogen-bond donors (Lipinski definition) is 0. The molecular weight excluding hydrogens is 510 g/mol. The largest absolute Gasteiger partial charge is 0.375 e. The fourth-order valence-electron chi connectivity index (χ4n) is 12.9. The number of hydrogen-bond acceptors (Lipinski definition) is 4. The number of nitrogens with zero attached hydrogens (tertiary/aromatic N) is 1. The molecule has 0 aromatic rings. The molecule has 41 heavy (non-hydrogen) atoms. The quantitative estimate of drug-likeness (QED) is 0.336. The predicted octanol–water partition coefficient (Wildman–Crippen LogP) is 7.36. The number of fused-ring (bicyclic) bond motifs is 4. The van der Waals surface area contributed by atoms with Crippen molar-refractivity contribution in [3.8, 4) is 0 Å². The minimum atomic E-state index is -0.261. The van der Waals surface area contributed by atoms with E-state index in [1.807, 2.05) is 4.90 Å². The third-order valence-corrected chi connectivity index (χ3v) is 15.1. The molecule has 0 radical (unpaired) electrons. The Kier molecular flexibility index (Phi) is 6.57. The summed E-state index contributed by atoms with van der Waals surface area (Å²) in [6, 6.07) is 0. The molecule has 6 aliphatic carbocycles. The Morgan fingerprint density at radius 1 is 0.927 bits per heavy atom. The number of ether oxygens (including phenoxy) is 3. The molecule has 2 saturated heterocycles. The van der Waals surface area contributed by atoms with Gasteiger partial charge in [0, 0.05) is 13.0 Å². The maximum atomic E-state index is 12.8. The van der Waals surface area contributed by atoms with Crippen LogP contribution < -0.4 is 0 Å². The van der Waals surface area contributed by atoms with E-state index in [1.165, 1.54) is 83.5 Å². The molecular formula is C36H57NO4. The first-order valence-corrected chi connectivity index (χ1v) is 17.9. The lowest BCUT2D eigenvalue weighted by molar-refractivity contribution is -0.244.